The number of amides is 2. The minimum atomic E-state index is -0.513. The number of thiophene rings is 1. The maximum atomic E-state index is 12.3. The molecule has 1 heterocycles. The Labute approximate surface area is 144 Å². The van der Waals surface area contributed by atoms with E-state index in [1.54, 1.807) is 18.6 Å². The fourth-order valence-corrected chi connectivity index (χ4v) is 3.93. The smallest absolute Gasteiger partial charge is 0.261 e. The molecule has 2 amide bonds. The van der Waals surface area contributed by atoms with Gasteiger partial charge in [-0.2, -0.15) is 0 Å². The Morgan fingerprint density at radius 1 is 1.38 bits per heavy atom. The highest BCUT2D eigenvalue weighted by atomic mass is 32.1. The molecule has 1 atom stereocenters. The molecule has 0 bridgehead atoms. The number of carbonyl (C=O) groups is 2. The fraction of sp³-hybridized carbons (Fsp3) is 0.333. The number of rotatable bonds is 5. The summed E-state index contributed by atoms with van der Waals surface area (Å²) >= 11 is 1.23. The first-order valence-corrected chi connectivity index (χ1v) is 8.80. The molecule has 0 aliphatic heterocycles. The van der Waals surface area contributed by atoms with Crippen LogP contribution in [0.2, 0.25) is 0 Å². The zero-order chi connectivity index (χ0) is 17.1. The summed E-state index contributed by atoms with van der Waals surface area (Å²) in [6, 6.07) is 7.70. The second kappa shape index (κ2) is 7.05. The van der Waals surface area contributed by atoms with Crippen molar-refractivity contribution in [1.29, 1.82) is 0 Å². The summed E-state index contributed by atoms with van der Waals surface area (Å²) < 4.78 is 5.29. The van der Waals surface area contributed by atoms with Gasteiger partial charge >= 0.3 is 0 Å². The lowest BCUT2D eigenvalue weighted by Crippen LogP contribution is -2.29. The summed E-state index contributed by atoms with van der Waals surface area (Å²) in [4.78, 5) is 23.9. The number of nitrogens with two attached hydrogens (primary N) is 1. The molecule has 6 heteroatoms. The van der Waals surface area contributed by atoms with Crippen LogP contribution in [0.15, 0.2) is 29.6 Å². The van der Waals surface area contributed by atoms with E-state index in [0.717, 1.165) is 25.0 Å². The van der Waals surface area contributed by atoms with Gasteiger partial charge in [0.1, 0.15) is 5.75 Å². The van der Waals surface area contributed by atoms with Crippen molar-refractivity contribution in [2.45, 2.75) is 25.2 Å². The van der Waals surface area contributed by atoms with Gasteiger partial charge in [-0.25, -0.2) is 0 Å². The molecule has 0 unspecified atom stereocenters. The van der Waals surface area contributed by atoms with Gasteiger partial charge in [0.25, 0.3) is 5.91 Å². The average molecular weight is 344 g/mol. The predicted molar refractivity (Wildman–Crippen MR) is 93.8 cm³/mol. The van der Waals surface area contributed by atoms with E-state index >= 15 is 0 Å². The molecule has 0 saturated heterocycles. The highest BCUT2D eigenvalue weighted by molar-refractivity contribution is 7.12. The highest BCUT2D eigenvalue weighted by Crippen LogP contribution is 2.33. The molecule has 0 radical (unpaired) electrons. The van der Waals surface area contributed by atoms with E-state index in [1.165, 1.54) is 22.5 Å². The van der Waals surface area contributed by atoms with Crippen LogP contribution in [0.1, 0.15) is 49.9 Å². The van der Waals surface area contributed by atoms with Crippen molar-refractivity contribution in [1.82, 2.24) is 5.32 Å². The van der Waals surface area contributed by atoms with Crippen LogP contribution in [-0.2, 0) is 6.42 Å². The van der Waals surface area contributed by atoms with Crippen LogP contribution < -0.4 is 15.8 Å². The van der Waals surface area contributed by atoms with Gasteiger partial charge in [-0.15, -0.1) is 11.3 Å². The zero-order valence-electron chi connectivity index (χ0n) is 13.5. The number of methoxy groups -OCH3 is 1. The van der Waals surface area contributed by atoms with Crippen LogP contribution in [0.3, 0.4) is 0 Å². The Balaban J connectivity index is 1.67. The van der Waals surface area contributed by atoms with Crippen molar-refractivity contribution >= 4 is 23.2 Å². The Hall–Kier alpha value is -2.34. The number of nitrogens with one attached hydrogen (secondary N) is 1. The fourth-order valence-electron chi connectivity index (χ4n) is 3.12. The first kappa shape index (κ1) is 16.5. The first-order valence-electron chi connectivity index (χ1n) is 7.92. The quantitative estimate of drug-likeness (QED) is 0.875. The molecule has 24 heavy (non-hydrogen) atoms. The molecule has 126 valence electrons. The molecule has 1 aromatic heterocycles. The standard InChI is InChI=1S/C18H20N2O3S/c1-23-14-5-6-15-11(7-14)3-2-4-12(15)9-20-18(22)16-8-13(10-24-16)17(19)21/h5-8,10,12H,2-4,9H2,1H3,(H2,19,21)(H,20,22)/t12-/m1/s1. The number of aryl methyl sites for hydroxylation is 1. The second-order valence-electron chi connectivity index (χ2n) is 5.93. The molecule has 1 aromatic carbocycles. The van der Waals surface area contributed by atoms with E-state index in [4.69, 9.17) is 10.5 Å². The average Bonchev–Trinajstić information content (AvgIpc) is 3.09. The summed E-state index contributed by atoms with van der Waals surface area (Å²) in [6.07, 6.45) is 3.20. The molecular weight excluding hydrogens is 324 g/mol. The molecule has 3 N–H and O–H groups in total. The van der Waals surface area contributed by atoms with Crippen LogP contribution in [-0.4, -0.2) is 25.5 Å². The number of hydrogen-bond donors (Lipinski definition) is 2. The van der Waals surface area contributed by atoms with E-state index in [0.29, 0.717) is 22.9 Å². The van der Waals surface area contributed by atoms with Gasteiger partial charge in [0.2, 0.25) is 5.91 Å². The monoisotopic (exact) mass is 344 g/mol. The number of fused-ring (bicyclic) bond motifs is 1. The molecular formula is C18H20N2O3S. The number of benzene rings is 1. The molecule has 2 aromatic rings. The van der Waals surface area contributed by atoms with Gasteiger partial charge in [-0.3, -0.25) is 9.59 Å². The van der Waals surface area contributed by atoms with Crippen molar-refractivity contribution in [3.63, 3.8) is 0 Å². The summed E-state index contributed by atoms with van der Waals surface area (Å²) in [6.45, 7) is 0.585. The third-order valence-electron chi connectivity index (χ3n) is 4.41. The molecule has 1 aliphatic carbocycles. The Morgan fingerprint density at radius 3 is 2.92 bits per heavy atom. The lowest BCUT2D eigenvalue weighted by molar-refractivity contribution is 0.0954. The van der Waals surface area contributed by atoms with E-state index in [2.05, 4.69) is 17.4 Å². The van der Waals surface area contributed by atoms with E-state index in [9.17, 15) is 9.59 Å². The topological polar surface area (TPSA) is 81.4 Å². The van der Waals surface area contributed by atoms with Crippen LogP contribution in [0.5, 0.6) is 5.75 Å². The van der Waals surface area contributed by atoms with Gasteiger partial charge in [-0.05, 0) is 48.6 Å². The van der Waals surface area contributed by atoms with Crippen molar-refractivity contribution in [3.8, 4) is 5.75 Å². The van der Waals surface area contributed by atoms with Gasteiger partial charge in [0.15, 0.2) is 0 Å². The summed E-state index contributed by atoms with van der Waals surface area (Å²) in [5, 5.41) is 4.59. The maximum Gasteiger partial charge on any atom is 0.261 e. The molecule has 0 saturated carbocycles. The SMILES string of the molecule is COc1ccc2c(c1)CCC[C@@H]2CNC(=O)c1cc(C(N)=O)cs1. The number of primary amides is 1. The first-order chi connectivity index (χ1) is 11.6. The van der Waals surface area contributed by atoms with Crippen molar-refractivity contribution in [2.75, 3.05) is 13.7 Å². The Morgan fingerprint density at radius 2 is 2.21 bits per heavy atom. The van der Waals surface area contributed by atoms with Crippen LogP contribution in [0.25, 0.3) is 0 Å². The number of carbonyl (C=O) groups excluding carboxylic acids is 2. The van der Waals surface area contributed by atoms with Crippen molar-refractivity contribution < 1.29 is 14.3 Å². The number of hydrogen-bond acceptors (Lipinski definition) is 4. The molecule has 0 fully saturated rings. The molecule has 5 nitrogen and oxygen atoms in total. The summed E-state index contributed by atoms with van der Waals surface area (Å²) in [5.41, 5.74) is 8.18. The summed E-state index contributed by atoms with van der Waals surface area (Å²) in [7, 11) is 1.67. The van der Waals surface area contributed by atoms with Crippen LogP contribution in [0, 0.1) is 0 Å². The Kier molecular flexibility index (Phi) is 4.85. The largest absolute Gasteiger partial charge is 0.497 e. The van der Waals surface area contributed by atoms with Gasteiger partial charge in [0, 0.05) is 17.8 Å². The van der Waals surface area contributed by atoms with E-state index < -0.39 is 5.91 Å². The third kappa shape index (κ3) is 3.43. The molecule has 3 rings (SSSR count). The van der Waals surface area contributed by atoms with Gasteiger partial charge < -0.3 is 15.8 Å². The zero-order valence-corrected chi connectivity index (χ0v) is 14.3. The molecule has 0 spiro atoms. The lowest BCUT2D eigenvalue weighted by atomic mass is 9.82. The predicted octanol–water partition coefficient (Wildman–Crippen LogP) is 2.71. The van der Waals surface area contributed by atoms with Crippen LogP contribution >= 0.6 is 11.3 Å². The highest BCUT2D eigenvalue weighted by Gasteiger charge is 2.22. The summed E-state index contributed by atoms with van der Waals surface area (Å²) in [5.74, 6) is 0.503. The minimum absolute atomic E-state index is 0.159. The van der Waals surface area contributed by atoms with Crippen LogP contribution in [0.4, 0.5) is 0 Å². The molecule has 1 aliphatic rings. The lowest BCUT2D eigenvalue weighted by Gasteiger charge is -2.26. The van der Waals surface area contributed by atoms with Crippen molar-refractivity contribution in [2.24, 2.45) is 5.73 Å². The normalized spacial score (nSPS) is 16.3. The van der Waals surface area contributed by atoms with Gasteiger partial charge in [0.05, 0.1) is 17.6 Å². The maximum absolute atomic E-state index is 12.3. The second-order valence-corrected chi connectivity index (χ2v) is 6.84. The number of ether oxygens (including phenoxy) is 1. The Bertz CT molecular complexity index is 769. The third-order valence-corrected chi connectivity index (χ3v) is 5.33. The van der Waals surface area contributed by atoms with Crippen molar-refractivity contribution in [3.05, 3.63) is 51.2 Å². The van der Waals surface area contributed by atoms with E-state index in [1.807, 2.05) is 6.07 Å². The van der Waals surface area contributed by atoms with E-state index in [-0.39, 0.29) is 5.91 Å². The van der Waals surface area contributed by atoms with Gasteiger partial charge in [-0.1, -0.05) is 6.07 Å². The minimum Gasteiger partial charge on any atom is -0.497 e.